The number of nitrogens with two attached hydrogens (primary N) is 1. The van der Waals surface area contributed by atoms with Gasteiger partial charge in [0.2, 0.25) is 5.95 Å². The Labute approximate surface area is 89.4 Å². The van der Waals surface area contributed by atoms with Crippen LogP contribution >= 0.6 is 12.4 Å². The van der Waals surface area contributed by atoms with Crippen molar-refractivity contribution in [3.8, 4) is 0 Å². The molecule has 1 aromatic heterocycles. The Morgan fingerprint density at radius 3 is 2.93 bits per heavy atom. The summed E-state index contributed by atoms with van der Waals surface area (Å²) in [6, 6.07) is 3.06. The van der Waals surface area contributed by atoms with E-state index in [1.54, 1.807) is 18.2 Å². The van der Waals surface area contributed by atoms with Crippen molar-refractivity contribution in [1.29, 1.82) is 0 Å². The van der Waals surface area contributed by atoms with E-state index in [9.17, 15) is 4.39 Å². The molecule has 1 heterocycles. The molecular weight excluding hydrogens is 203 g/mol. The average Bonchev–Trinajstić information content (AvgIpc) is 2.15. The van der Waals surface area contributed by atoms with Crippen LogP contribution in [0.1, 0.15) is 24.4 Å². The fourth-order valence-corrected chi connectivity index (χ4v) is 1.13. The fraction of sp³-hybridized carbons (Fsp3) is 0.300. The van der Waals surface area contributed by atoms with Gasteiger partial charge in [-0.2, -0.15) is 4.39 Å². The molecule has 1 rings (SSSR count). The van der Waals surface area contributed by atoms with Crippen molar-refractivity contribution >= 4 is 12.4 Å². The molecule has 0 bridgehead atoms. The van der Waals surface area contributed by atoms with Crippen LogP contribution < -0.4 is 5.73 Å². The summed E-state index contributed by atoms with van der Waals surface area (Å²) < 4.78 is 13.1. The zero-order chi connectivity index (χ0) is 9.68. The van der Waals surface area contributed by atoms with Gasteiger partial charge >= 0.3 is 0 Å². The van der Waals surface area contributed by atoms with Gasteiger partial charge in [-0.05, 0) is 18.9 Å². The van der Waals surface area contributed by atoms with E-state index < -0.39 is 5.95 Å². The average molecular weight is 217 g/mol. The molecule has 0 aliphatic heterocycles. The summed E-state index contributed by atoms with van der Waals surface area (Å²) in [5, 5.41) is 0. The van der Waals surface area contributed by atoms with E-state index in [0.29, 0.717) is 12.0 Å². The lowest BCUT2D eigenvalue weighted by Gasteiger charge is -2.10. The molecule has 0 aromatic carbocycles. The molecule has 0 radical (unpaired) electrons. The van der Waals surface area contributed by atoms with E-state index in [1.807, 2.05) is 0 Å². The van der Waals surface area contributed by atoms with E-state index in [-0.39, 0.29) is 18.4 Å². The molecule has 4 heteroatoms. The Balaban J connectivity index is 0.00000169. The number of nitrogens with zero attached hydrogens (tertiary/aromatic N) is 1. The quantitative estimate of drug-likeness (QED) is 0.621. The lowest BCUT2D eigenvalue weighted by atomic mass is 10.0. The van der Waals surface area contributed by atoms with Crippen LogP contribution in [0.5, 0.6) is 0 Å². The SMILES string of the molecule is C=CCC[C@@H](N)c1cccnc1F.Cl. The second-order valence-electron chi connectivity index (χ2n) is 2.86. The molecule has 0 unspecified atom stereocenters. The number of hydrogen-bond acceptors (Lipinski definition) is 2. The summed E-state index contributed by atoms with van der Waals surface area (Å²) in [5.41, 5.74) is 6.23. The monoisotopic (exact) mass is 216 g/mol. The van der Waals surface area contributed by atoms with Gasteiger partial charge in [0.1, 0.15) is 0 Å². The van der Waals surface area contributed by atoms with Crippen LogP contribution in [0.25, 0.3) is 0 Å². The van der Waals surface area contributed by atoms with Gasteiger partial charge in [-0.1, -0.05) is 12.1 Å². The lowest BCUT2D eigenvalue weighted by molar-refractivity contribution is 0.534. The van der Waals surface area contributed by atoms with Crippen LogP contribution in [0.2, 0.25) is 0 Å². The zero-order valence-corrected chi connectivity index (χ0v) is 8.64. The van der Waals surface area contributed by atoms with Crippen LogP contribution in [0.4, 0.5) is 4.39 Å². The Morgan fingerprint density at radius 2 is 2.36 bits per heavy atom. The number of aromatic nitrogens is 1. The first-order valence-corrected chi connectivity index (χ1v) is 4.22. The van der Waals surface area contributed by atoms with Crippen LogP contribution in [0.3, 0.4) is 0 Å². The third-order valence-corrected chi connectivity index (χ3v) is 1.87. The zero-order valence-electron chi connectivity index (χ0n) is 7.82. The molecule has 0 saturated heterocycles. The minimum atomic E-state index is -0.473. The Kier molecular flexibility index (Phi) is 6.08. The third kappa shape index (κ3) is 3.44. The molecule has 2 N–H and O–H groups in total. The number of allylic oxidation sites excluding steroid dienone is 1. The summed E-state index contributed by atoms with van der Waals surface area (Å²) in [5.74, 6) is -0.473. The Hall–Kier alpha value is -0.930. The van der Waals surface area contributed by atoms with Gasteiger partial charge in [-0.3, -0.25) is 0 Å². The molecule has 78 valence electrons. The molecular formula is C10H14ClFN2. The van der Waals surface area contributed by atoms with Crippen molar-refractivity contribution in [2.45, 2.75) is 18.9 Å². The molecule has 0 aliphatic rings. The maximum Gasteiger partial charge on any atom is 0.217 e. The van der Waals surface area contributed by atoms with Gasteiger partial charge in [0.15, 0.2) is 0 Å². The molecule has 0 aliphatic carbocycles. The van der Waals surface area contributed by atoms with Crippen molar-refractivity contribution in [3.63, 3.8) is 0 Å². The summed E-state index contributed by atoms with van der Waals surface area (Å²) >= 11 is 0. The van der Waals surface area contributed by atoms with E-state index in [1.165, 1.54) is 6.20 Å². The number of halogens is 2. The number of rotatable bonds is 4. The molecule has 0 amide bonds. The topological polar surface area (TPSA) is 38.9 Å². The highest BCUT2D eigenvalue weighted by Crippen LogP contribution is 2.17. The van der Waals surface area contributed by atoms with Crippen LogP contribution in [-0.4, -0.2) is 4.98 Å². The van der Waals surface area contributed by atoms with Crippen molar-refractivity contribution in [2.75, 3.05) is 0 Å². The highest BCUT2D eigenvalue weighted by molar-refractivity contribution is 5.85. The van der Waals surface area contributed by atoms with Crippen molar-refractivity contribution < 1.29 is 4.39 Å². The molecule has 1 aromatic rings. The first-order valence-electron chi connectivity index (χ1n) is 4.22. The highest BCUT2D eigenvalue weighted by Gasteiger charge is 2.10. The van der Waals surface area contributed by atoms with Crippen LogP contribution in [0, 0.1) is 5.95 Å². The van der Waals surface area contributed by atoms with Gasteiger partial charge < -0.3 is 5.73 Å². The van der Waals surface area contributed by atoms with E-state index in [4.69, 9.17) is 5.73 Å². The van der Waals surface area contributed by atoms with Gasteiger partial charge in [0.25, 0.3) is 0 Å². The summed E-state index contributed by atoms with van der Waals surface area (Å²) in [7, 11) is 0. The van der Waals surface area contributed by atoms with E-state index >= 15 is 0 Å². The second-order valence-corrected chi connectivity index (χ2v) is 2.86. The smallest absolute Gasteiger partial charge is 0.217 e. The molecule has 0 saturated carbocycles. The Bertz CT molecular complexity index is 291. The highest BCUT2D eigenvalue weighted by atomic mass is 35.5. The predicted molar refractivity (Wildman–Crippen MR) is 57.8 cm³/mol. The van der Waals surface area contributed by atoms with E-state index in [2.05, 4.69) is 11.6 Å². The van der Waals surface area contributed by atoms with Crippen molar-refractivity contribution in [1.82, 2.24) is 4.98 Å². The molecule has 14 heavy (non-hydrogen) atoms. The van der Waals surface area contributed by atoms with Crippen molar-refractivity contribution in [3.05, 3.63) is 42.5 Å². The van der Waals surface area contributed by atoms with Gasteiger partial charge in [0.05, 0.1) is 0 Å². The van der Waals surface area contributed by atoms with Crippen molar-refractivity contribution in [2.24, 2.45) is 5.73 Å². The molecule has 0 spiro atoms. The van der Waals surface area contributed by atoms with Gasteiger partial charge in [-0.25, -0.2) is 4.98 Å². The minimum absolute atomic E-state index is 0. The summed E-state index contributed by atoms with van der Waals surface area (Å²) in [6.07, 6.45) is 4.68. The number of hydrogen-bond donors (Lipinski definition) is 1. The molecule has 1 atom stereocenters. The summed E-state index contributed by atoms with van der Waals surface area (Å²) in [4.78, 5) is 3.54. The maximum absolute atomic E-state index is 13.1. The first kappa shape index (κ1) is 13.1. The molecule has 0 fully saturated rings. The van der Waals surface area contributed by atoms with E-state index in [0.717, 1.165) is 6.42 Å². The van der Waals surface area contributed by atoms with Gasteiger partial charge in [-0.15, -0.1) is 19.0 Å². The number of pyridine rings is 1. The Morgan fingerprint density at radius 1 is 1.64 bits per heavy atom. The largest absolute Gasteiger partial charge is 0.324 e. The van der Waals surface area contributed by atoms with Crippen LogP contribution in [-0.2, 0) is 0 Å². The third-order valence-electron chi connectivity index (χ3n) is 1.87. The lowest BCUT2D eigenvalue weighted by Crippen LogP contribution is -2.12. The second kappa shape index (κ2) is 6.51. The normalized spacial score (nSPS) is 11.6. The maximum atomic E-state index is 13.1. The summed E-state index contributed by atoms with van der Waals surface area (Å²) in [6.45, 7) is 3.58. The van der Waals surface area contributed by atoms with Crippen LogP contribution in [0.15, 0.2) is 31.0 Å². The molecule has 2 nitrogen and oxygen atoms in total. The predicted octanol–water partition coefficient (Wildman–Crippen LogP) is 2.61. The fourth-order valence-electron chi connectivity index (χ4n) is 1.13. The first-order chi connectivity index (χ1) is 6.25. The standard InChI is InChI=1S/C10H13FN2.ClH/c1-2-3-6-9(12)8-5-4-7-13-10(8)11;/h2,4-5,7,9H,1,3,6,12H2;1H/t9-;/m1./s1. The van der Waals surface area contributed by atoms with Gasteiger partial charge in [0, 0.05) is 17.8 Å². The minimum Gasteiger partial charge on any atom is -0.324 e.